The maximum Gasteiger partial charge on any atom is 0.225 e. The van der Waals surface area contributed by atoms with Crippen LogP contribution in [-0.4, -0.2) is 54.1 Å². The molecule has 1 aliphatic rings. The lowest BCUT2D eigenvalue weighted by molar-refractivity contribution is -0.134. The van der Waals surface area contributed by atoms with Crippen molar-refractivity contribution < 1.29 is 9.53 Å². The van der Waals surface area contributed by atoms with Gasteiger partial charge in [0.2, 0.25) is 5.91 Å². The Bertz CT molecular complexity index is 1110. The summed E-state index contributed by atoms with van der Waals surface area (Å²) < 4.78 is 5.42. The largest absolute Gasteiger partial charge is 0.497 e. The maximum atomic E-state index is 12.5. The Balaban J connectivity index is 1.69. The van der Waals surface area contributed by atoms with Gasteiger partial charge in [0, 0.05) is 55.3 Å². The van der Waals surface area contributed by atoms with Gasteiger partial charge in [-0.05, 0) is 24.6 Å². The van der Waals surface area contributed by atoms with Crippen LogP contribution in [0.25, 0.3) is 11.4 Å². The number of aromatic nitrogens is 2. The third-order valence-corrected chi connectivity index (χ3v) is 6.12. The zero-order valence-electron chi connectivity index (χ0n) is 19.9. The predicted molar refractivity (Wildman–Crippen MR) is 132 cm³/mol. The number of hydrogen-bond acceptors (Lipinski definition) is 5. The molecule has 0 bridgehead atoms. The van der Waals surface area contributed by atoms with Crippen LogP contribution < -0.4 is 9.64 Å². The molecule has 172 valence electrons. The van der Waals surface area contributed by atoms with E-state index in [0.29, 0.717) is 13.1 Å². The fourth-order valence-corrected chi connectivity index (χ4v) is 4.26. The predicted octanol–water partition coefficient (Wildman–Crippen LogP) is 4.36. The molecule has 4 rings (SSSR count). The number of benzene rings is 2. The molecule has 3 aromatic rings. The standard InChI is InChI=1S/C27H32N4O2/c1-19(2)27(32)31-15-13-30(14-16-31)26-24(18-21-9-8-12-23(17-21)33-4)20(3)28-25(29-26)22-10-6-5-7-11-22/h5-12,17,19H,13-16,18H2,1-4H3. The van der Waals surface area contributed by atoms with Crippen molar-refractivity contribution in [3.8, 4) is 17.1 Å². The summed E-state index contributed by atoms with van der Waals surface area (Å²) in [6, 6.07) is 18.2. The molecule has 1 fully saturated rings. The minimum absolute atomic E-state index is 0.0196. The molecule has 1 aromatic heterocycles. The van der Waals surface area contributed by atoms with Crippen molar-refractivity contribution in [2.45, 2.75) is 27.2 Å². The third kappa shape index (κ3) is 5.16. The number of nitrogens with zero attached hydrogens (tertiary/aromatic N) is 4. The molecule has 2 heterocycles. The second-order valence-electron chi connectivity index (χ2n) is 8.80. The number of amides is 1. The SMILES string of the molecule is COc1cccc(Cc2c(C)nc(-c3ccccc3)nc2N2CCN(C(=O)C(C)C)CC2)c1. The second kappa shape index (κ2) is 10.0. The van der Waals surface area contributed by atoms with Gasteiger partial charge in [0.25, 0.3) is 0 Å². The van der Waals surface area contributed by atoms with E-state index < -0.39 is 0 Å². The van der Waals surface area contributed by atoms with Crippen molar-refractivity contribution in [1.82, 2.24) is 14.9 Å². The lowest BCUT2D eigenvalue weighted by atomic mass is 10.0. The zero-order valence-corrected chi connectivity index (χ0v) is 19.9. The number of ether oxygens (including phenoxy) is 1. The van der Waals surface area contributed by atoms with Gasteiger partial charge in [-0.2, -0.15) is 0 Å². The Hall–Kier alpha value is -3.41. The van der Waals surface area contributed by atoms with Crippen LogP contribution in [0.15, 0.2) is 54.6 Å². The fraction of sp³-hybridized carbons (Fsp3) is 0.370. The van der Waals surface area contributed by atoms with Gasteiger partial charge in [-0.3, -0.25) is 4.79 Å². The van der Waals surface area contributed by atoms with Gasteiger partial charge >= 0.3 is 0 Å². The molecule has 1 amide bonds. The van der Waals surface area contributed by atoms with Crippen molar-refractivity contribution in [2.24, 2.45) is 5.92 Å². The molecular weight excluding hydrogens is 412 g/mol. The van der Waals surface area contributed by atoms with Gasteiger partial charge in [-0.15, -0.1) is 0 Å². The molecule has 0 N–H and O–H groups in total. The number of methoxy groups -OCH3 is 1. The van der Waals surface area contributed by atoms with Crippen molar-refractivity contribution in [3.05, 3.63) is 71.4 Å². The number of carbonyl (C=O) groups is 1. The topological polar surface area (TPSA) is 58.6 Å². The van der Waals surface area contributed by atoms with Crippen LogP contribution in [-0.2, 0) is 11.2 Å². The van der Waals surface area contributed by atoms with E-state index in [0.717, 1.165) is 59.3 Å². The van der Waals surface area contributed by atoms with E-state index >= 15 is 0 Å². The smallest absolute Gasteiger partial charge is 0.225 e. The highest BCUT2D eigenvalue weighted by molar-refractivity contribution is 5.78. The van der Waals surface area contributed by atoms with E-state index in [2.05, 4.69) is 24.0 Å². The number of carbonyl (C=O) groups excluding carboxylic acids is 1. The van der Waals surface area contributed by atoms with Crippen molar-refractivity contribution in [3.63, 3.8) is 0 Å². The average molecular weight is 445 g/mol. The van der Waals surface area contributed by atoms with E-state index in [4.69, 9.17) is 14.7 Å². The van der Waals surface area contributed by atoms with Crippen molar-refractivity contribution >= 4 is 11.7 Å². The molecule has 1 aliphatic heterocycles. The molecule has 1 saturated heterocycles. The Labute approximate surface area is 196 Å². The Morgan fingerprint density at radius 1 is 1.00 bits per heavy atom. The van der Waals surface area contributed by atoms with E-state index in [1.54, 1.807) is 7.11 Å². The minimum Gasteiger partial charge on any atom is -0.497 e. The van der Waals surface area contributed by atoms with Gasteiger partial charge < -0.3 is 14.5 Å². The minimum atomic E-state index is 0.0196. The highest BCUT2D eigenvalue weighted by atomic mass is 16.5. The van der Waals surface area contributed by atoms with E-state index in [1.807, 2.05) is 61.2 Å². The summed E-state index contributed by atoms with van der Waals surface area (Å²) in [5.41, 5.74) is 4.25. The summed E-state index contributed by atoms with van der Waals surface area (Å²) in [6.45, 7) is 8.91. The highest BCUT2D eigenvalue weighted by Crippen LogP contribution is 2.29. The van der Waals surface area contributed by atoms with Crippen LogP contribution >= 0.6 is 0 Å². The van der Waals surface area contributed by atoms with Gasteiger partial charge in [-0.1, -0.05) is 56.3 Å². The van der Waals surface area contributed by atoms with Crippen LogP contribution in [0.1, 0.15) is 30.7 Å². The Morgan fingerprint density at radius 2 is 1.73 bits per heavy atom. The lowest BCUT2D eigenvalue weighted by Crippen LogP contribution is -2.50. The number of hydrogen-bond donors (Lipinski definition) is 0. The van der Waals surface area contributed by atoms with Gasteiger partial charge in [0.1, 0.15) is 11.6 Å². The summed E-state index contributed by atoms with van der Waals surface area (Å²) in [5, 5.41) is 0. The quantitative estimate of drug-likeness (QED) is 0.566. The second-order valence-corrected chi connectivity index (χ2v) is 8.80. The normalized spacial score (nSPS) is 14.0. The molecule has 0 aliphatic carbocycles. The van der Waals surface area contributed by atoms with E-state index in [9.17, 15) is 4.79 Å². The van der Waals surface area contributed by atoms with Gasteiger partial charge in [0.15, 0.2) is 5.82 Å². The van der Waals surface area contributed by atoms with Gasteiger partial charge in [-0.25, -0.2) is 9.97 Å². The molecular formula is C27H32N4O2. The van der Waals surface area contributed by atoms with Crippen molar-refractivity contribution in [1.29, 1.82) is 0 Å². The van der Waals surface area contributed by atoms with Crippen LogP contribution in [0.2, 0.25) is 0 Å². The summed E-state index contributed by atoms with van der Waals surface area (Å²) in [5.74, 6) is 2.77. The van der Waals surface area contributed by atoms with Crippen LogP contribution in [0.4, 0.5) is 5.82 Å². The molecule has 33 heavy (non-hydrogen) atoms. The number of rotatable bonds is 6. The van der Waals surface area contributed by atoms with Crippen LogP contribution in [0.5, 0.6) is 5.75 Å². The summed E-state index contributed by atoms with van der Waals surface area (Å²) in [4.78, 5) is 26.7. The average Bonchev–Trinajstić information content (AvgIpc) is 2.85. The summed E-state index contributed by atoms with van der Waals surface area (Å²) in [6.07, 6.45) is 0.721. The molecule has 2 aromatic carbocycles. The zero-order chi connectivity index (χ0) is 23.4. The first kappa shape index (κ1) is 22.8. The highest BCUT2D eigenvalue weighted by Gasteiger charge is 2.26. The van der Waals surface area contributed by atoms with Crippen LogP contribution in [0, 0.1) is 12.8 Å². The van der Waals surface area contributed by atoms with Gasteiger partial charge in [0.05, 0.1) is 7.11 Å². The summed E-state index contributed by atoms with van der Waals surface area (Å²) >= 11 is 0. The van der Waals surface area contributed by atoms with Crippen molar-refractivity contribution in [2.75, 3.05) is 38.2 Å². The van der Waals surface area contributed by atoms with E-state index in [-0.39, 0.29) is 11.8 Å². The Kier molecular flexibility index (Phi) is 6.92. The fourth-order valence-electron chi connectivity index (χ4n) is 4.26. The number of anilines is 1. The molecule has 0 unspecified atom stereocenters. The molecule has 6 heteroatoms. The first-order valence-electron chi connectivity index (χ1n) is 11.6. The lowest BCUT2D eigenvalue weighted by Gasteiger charge is -2.37. The molecule has 0 spiro atoms. The molecule has 6 nitrogen and oxygen atoms in total. The third-order valence-electron chi connectivity index (χ3n) is 6.12. The summed E-state index contributed by atoms with van der Waals surface area (Å²) in [7, 11) is 1.69. The molecule has 0 radical (unpaired) electrons. The first-order valence-corrected chi connectivity index (χ1v) is 11.6. The first-order chi connectivity index (χ1) is 16.0. The monoisotopic (exact) mass is 444 g/mol. The number of aryl methyl sites for hydroxylation is 1. The molecule has 0 saturated carbocycles. The Morgan fingerprint density at radius 3 is 2.39 bits per heavy atom. The van der Waals surface area contributed by atoms with Crippen LogP contribution in [0.3, 0.4) is 0 Å². The number of piperazine rings is 1. The molecule has 0 atom stereocenters. The van der Waals surface area contributed by atoms with E-state index in [1.165, 1.54) is 0 Å². The maximum absolute atomic E-state index is 12.5.